The number of hydrogen-bond acceptors (Lipinski definition) is 3. The normalized spacial score (nSPS) is 14.7. The van der Waals surface area contributed by atoms with Crippen molar-refractivity contribution in [3.8, 4) is 0 Å². The molecule has 2 heterocycles. The minimum atomic E-state index is -4.53. The van der Waals surface area contributed by atoms with E-state index in [1.807, 2.05) is 13.8 Å². The Balaban J connectivity index is 1.71. The van der Waals surface area contributed by atoms with Crippen LogP contribution >= 0.6 is 0 Å². The van der Waals surface area contributed by atoms with Crippen molar-refractivity contribution < 1.29 is 18.0 Å². The van der Waals surface area contributed by atoms with Gasteiger partial charge in [-0.25, -0.2) is 9.97 Å². The maximum Gasteiger partial charge on any atom is 0.433 e. The van der Waals surface area contributed by atoms with Gasteiger partial charge in [0, 0.05) is 23.6 Å². The Labute approximate surface area is 136 Å². The van der Waals surface area contributed by atoms with Gasteiger partial charge in [0.15, 0.2) is 0 Å². The van der Waals surface area contributed by atoms with Crippen molar-refractivity contribution in [1.29, 1.82) is 0 Å². The van der Waals surface area contributed by atoms with Crippen molar-refractivity contribution >= 4 is 5.91 Å². The molecule has 1 fully saturated rings. The molecular weight excluding hydrogens is 321 g/mol. The fourth-order valence-corrected chi connectivity index (χ4v) is 2.80. The summed E-state index contributed by atoms with van der Waals surface area (Å²) in [5.41, 5.74) is 1.40. The van der Waals surface area contributed by atoms with Crippen LogP contribution in [0.1, 0.15) is 52.1 Å². The molecule has 128 valence electrons. The lowest BCUT2D eigenvalue weighted by Gasteiger charge is -2.09. The number of nitrogens with zero attached hydrogens (tertiary/aromatic N) is 3. The van der Waals surface area contributed by atoms with Gasteiger partial charge in [0.1, 0.15) is 11.5 Å². The standard InChI is InChI=1S/C16H17F3N4O/c1-9-7-12(10(2)23(9)11-3-4-11)15(24)21-8-14-20-6-5-13(22-14)16(17,18)19/h5-7,11H,3-4,8H2,1-2H3,(H,21,24). The predicted molar refractivity (Wildman–Crippen MR) is 80.4 cm³/mol. The number of carbonyl (C=O) groups excluding carboxylic acids is 1. The highest BCUT2D eigenvalue weighted by molar-refractivity contribution is 5.95. The maximum absolute atomic E-state index is 12.6. The Hall–Kier alpha value is -2.38. The third kappa shape index (κ3) is 3.27. The van der Waals surface area contributed by atoms with Gasteiger partial charge in [0.25, 0.3) is 5.91 Å². The van der Waals surface area contributed by atoms with E-state index in [1.54, 1.807) is 6.07 Å². The first kappa shape index (κ1) is 16.5. The van der Waals surface area contributed by atoms with E-state index < -0.39 is 11.9 Å². The third-order valence-corrected chi connectivity index (χ3v) is 4.04. The molecule has 24 heavy (non-hydrogen) atoms. The third-order valence-electron chi connectivity index (χ3n) is 4.04. The van der Waals surface area contributed by atoms with Crippen LogP contribution in [0, 0.1) is 13.8 Å². The lowest BCUT2D eigenvalue weighted by molar-refractivity contribution is -0.141. The number of halogens is 3. The average molecular weight is 338 g/mol. The van der Waals surface area contributed by atoms with E-state index in [1.165, 1.54) is 0 Å². The Morgan fingerprint density at radius 2 is 2.08 bits per heavy atom. The minimum absolute atomic E-state index is 0.0748. The molecule has 5 nitrogen and oxygen atoms in total. The quantitative estimate of drug-likeness (QED) is 0.931. The molecule has 0 radical (unpaired) electrons. The zero-order valence-corrected chi connectivity index (χ0v) is 13.3. The Bertz CT molecular complexity index is 778. The summed E-state index contributed by atoms with van der Waals surface area (Å²) in [6.45, 7) is 3.66. The van der Waals surface area contributed by atoms with E-state index in [-0.39, 0.29) is 18.3 Å². The first-order valence-electron chi connectivity index (χ1n) is 7.63. The lowest BCUT2D eigenvalue weighted by atomic mass is 10.2. The van der Waals surface area contributed by atoms with Crippen LogP contribution < -0.4 is 5.32 Å². The van der Waals surface area contributed by atoms with Crippen molar-refractivity contribution in [2.24, 2.45) is 0 Å². The highest BCUT2D eigenvalue weighted by atomic mass is 19.4. The number of aromatic nitrogens is 3. The molecule has 8 heteroatoms. The fraction of sp³-hybridized carbons (Fsp3) is 0.438. The first-order valence-corrected chi connectivity index (χ1v) is 7.63. The van der Waals surface area contributed by atoms with Gasteiger partial charge in [-0.15, -0.1) is 0 Å². The topological polar surface area (TPSA) is 59.8 Å². The number of aryl methyl sites for hydroxylation is 1. The minimum Gasteiger partial charge on any atom is -0.345 e. The van der Waals surface area contributed by atoms with E-state index in [4.69, 9.17) is 0 Å². The molecular formula is C16H17F3N4O. The number of alkyl halides is 3. The van der Waals surface area contributed by atoms with Gasteiger partial charge in [-0.2, -0.15) is 13.2 Å². The van der Waals surface area contributed by atoms with Gasteiger partial charge in [0.05, 0.1) is 12.1 Å². The first-order chi connectivity index (χ1) is 11.3. The molecule has 1 aliphatic rings. The van der Waals surface area contributed by atoms with Crippen LogP contribution in [-0.4, -0.2) is 20.4 Å². The predicted octanol–water partition coefficient (Wildman–Crippen LogP) is 3.18. The summed E-state index contributed by atoms with van der Waals surface area (Å²) < 4.78 is 40.0. The van der Waals surface area contributed by atoms with Crippen LogP contribution in [0.4, 0.5) is 13.2 Å². The number of amides is 1. The van der Waals surface area contributed by atoms with Crippen molar-refractivity contribution in [3.05, 3.63) is 46.8 Å². The molecule has 1 N–H and O–H groups in total. The molecule has 0 aliphatic heterocycles. The molecule has 0 atom stereocenters. The van der Waals surface area contributed by atoms with Gasteiger partial charge < -0.3 is 9.88 Å². The number of nitrogens with one attached hydrogen (secondary N) is 1. The van der Waals surface area contributed by atoms with E-state index in [9.17, 15) is 18.0 Å². The van der Waals surface area contributed by atoms with Gasteiger partial charge >= 0.3 is 6.18 Å². The summed E-state index contributed by atoms with van der Waals surface area (Å²) in [6.07, 6.45) is -1.28. The number of rotatable bonds is 4. The zero-order valence-electron chi connectivity index (χ0n) is 13.3. The van der Waals surface area contributed by atoms with Gasteiger partial charge in [-0.1, -0.05) is 0 Å². The molecule has 1 aliphatic carbocycles. The summed E-state index contributed by atoms with van der Waals surface area (Å²) in [5.74, 6) is -0.412. The van der Waals surface area contributed by atoms with Crippen molar-refractivity contribution in [1.82, 2.24) is 19.9 Å². The SMILES string of the molecule is Cc1cc(C(=O)NCc2nccc(C(F)(F)F)n2)c(C)n1C1CC1. The summed E-state index contributed by atoms with van der Waals surface area (Å²) in [5, 5.41) is 2.59. The van der Waals surface area contributed by atoms with Crippen LogP contribution in [-0.2, 0) is 12.7 Å². The Kier molecular flexibility index (Phi) is 4.06. The number of carbonyl (C=O) groups is 1. The van der Waals surface area contributed by atoms with Crippen molar-refractivity contribution in [2.45, 2.75) is 45.5 Å². The largest absolute Gasteiger partial charge is 0.433 e. The van der Waals surface area contributed by atoms with E-state index in [0.717, 1.165) is 36.5 Å². The monoisotopic (exact) mass is 338 g/mol. The molecule has 0 saturated heterocycles. The summed E-state index contributed by atoms with van der Waals surface area (Å²) in [7, 11) is 0. The number of hydrogen-bond donors (Lipinski definition) is 1. The highest BCUT2D eigenvalue weighted by Gasteiger charge is 2.33. The van der Waals surface area contributed by atoms with Crippen LogP contribution in [0.5, 0.6) is 0 Å². The smallest absolute Gasteiger partial charge is 0.345 e. The second-order valence-electron chi connectivity index (χ2n) is 5.92. The molecule has 3 rings (SSSR count). The second-order valence-corrected chi connectivity index (χ2v) is 5.92. The van der Waals surface area contributed by atoms with Gasteiger partial charge in [0.2, 0.25) is 0 Å². The summed E-state index contributed by atoms with van der Waals surface area (Å²) >= 11 is 0. The lowest BCUT2D eigenvalue weighted by Crippen LogP contribution is -2.25. The highest BCUT2D eigenvalue weighted by Crippen LogP contribution is 2.38. The van der Waals surface area contributed by atoms with E-state index in [2.05, 4.69) is 19.9 Å². The zero-order chi connectivity index (χ0) is 17.5. The maximum atomic E-state index is 12.6. The van der Waals surface area contributed by atoms with Gasteiger partial charge in [-0.05, 0) is 38.8 Å². The van der Waals surface area contributed by atoms with Crippen LogP contribution in [0.3, 0.4) is 0 Å². The molecule has 0 spiro atoms. The van der Waals surface area contributed by atoms with E-state index in [0.29, 0.717) is 11.6 Å². The second kappa shape index (κ2) is 5.92. The molecule has 2 aromatic rings. The van der Waals surface area contributed by atoms with Crippen molar-refractivity contribution in [2.75, 3.05) is 0 Å². The molecule has 1 saturated carbocycles. The fourth-order valence-electron chi connectivity index (χ4n) is 2.80. The molecule has 0 unspecified atom stereocenters. The molecule has 0 aromatic carbocycles. The Morgan fingerprint density at radius 1 is 1.38 bits per heavy atom. The van der Waals surface area contributed by atoms with Crippen LogP contribution in [0.25, 0.3) is 0 Å². The molecule has 1 amide bonds. The average Bonchev–Trinajstić information content (AvgIpc) is 3.30. The summed E-state index contributed by atoms with van der Waals surface area (Å²) in [4.78, 5) is 19.5. The van der Waals surface area contributed by atoms with Crippen LogP contribution in [0.2, 0.25) is 0 Å². The van der Waals surface area contributed by atoms with Crippen LogP contribution in [0.15, 0.2) is 18.3 Å². The Morgan fingerprint density at radius 3 is 2.71 bits per heavy atom. The van der Waals surface area contributed by atoms with E-state index >= 15 is 0 Å². The summed E-state index contributed by atoms with van der Waals surface area (Å²) in [6, 6.07) is 3.06. The van der Waals surface area contributed by atoms with Gasteiger partial charge in [-0.3, -0.25) is 4.79 Å². The molecule has 2 aromatic heterocycles. The molecule has 0 bridgehead atoms. The van der Waals surface area contributed by atoms with Crippen molar-refractivity contribution in [3.63, 3.8) is 0 Å².